The van der Waals surface area contributed by atoms with Gasteiger partial charge in [0.15, 0.2) is 11.9 Å². The number of nitrogens with one attached hydrogen (secondary N) is 2. The zero-order chi connectivity index (χ0) is 22.5. The minimum absolute atomic E-state index is 0.0783. The number of benzene rings is 1. The molecule has 166 valence electrons. The van der Waals surface area contributed by atoms with Crippen LogP contribution in [0.25, 0.3) is 0 Å². The molecule has 0 aromatic heterocycles. The average Bonchev–Trinajstić information content (AvgIpc) is 2.71. The first-order chi connectivity index (χ1) is 14.2. The van der Waals surface area contributed by atoms with Crippen LogP contribution < -0.4 is 10.8 Å². The SMILES string of the molecule is C=C(OC)C(=O)ONC(=O)O[C@@H](CC(C)C)C(=O)NC(C)CCCc1ccccc1. The van der Waals surface area contributed by atoms with Crippen molar-refractivity contribution < 1.29 is 28.7 Å². The van der Waals surface area contributed by atoms with Crippen LogP contribution >= 0.6 is 0 Å². The number of rotatable bonds is 11. The Morgan fingerprint density at radius 3 is 2.37 bits per heavy atom. The van der Waals surface area contributed by atoms with Crippen molar-refractivity contribution in [3.8, 4) is 0 Å². The molecule has 1 aromatic carbocycles. The lowest BCUT2D eigenvalue weighted by Gasteiger charge is -2.22. The molecule has 0 fully saturated rings. The van der Waals surface area contributed by atoms with Crippen LogP contribution in [0.1, 0.15) is 45.6 Å². The predicted octanol–water partition coefficient (Wildman–Crippen LogP) is 3.27. The van der Waals surface area contributed by atoms with Gasteiger partial charge in [0.05, 0.1) is 7.11 Å². The minimum Gasteiger partial charge on any atom is -0.490 e. The molecule has 0 heterocycles. The Kier molecular flexibility index (Phi) is 11.0. The topological polar surface area (TPSA) is 103 Å². The van der Waals surface area contributed by atoms with Crippen molar-refractivity contribution >= 4 is 18.0 Å². The van der Waals surface area contributed by atoms with E-state index < -0.39 is 24.1 Å². The fraction of sp³-hybridized carbons (Fsp3) is 0.500. The Morgan fingerprint density at radius 2 is 1.77 bits per heavy atom. The van der Waals surface area contributed by atoms with E-state index >= 15 is 0 Å². The fourth-order valence-corrected chi connectivity index (χ4v) is 2.68. The van der Waals surface area contributed by atoms with E-state index in [4.69, 9.17) is 4.74 Å². The van der Waals surface area contributed by atoms with Crippen LogP contribution in [-0.2, 0) is 30.3 Å². The molecule has 2 N–H and O–H groups in total. The number of methoxy groups -OCH3 is 1. The summed E-state index contributed by atoms with van der Waals surface area (Å²) in [6.07, 6.45) is 0.900. The average molecular weight is 421 g/mol. The Balaban J connectivity index is 2.49. The molecule has 1 unspecified atom stereocenters. The molecule has 0 aliphatic heterocycles. The molecule has 1 aromatic rings. The lowest BCUT2D eigenvalue weighted by molar-refractivity contribution is -0.149. The first kappa shape index (κ1) is 25.0. The summed E-state index contributed by atoms with van der Waals surface area (Å²) in [6.45, 7) is 9.03. The molecule has 0 radical (unpaired) electrons. The zero-order valence-corrected chi connectivity index (χ0v) is 18.1. The van der Waals surface area contributed by atoms with Gasteiger partial charge in [-0.15, -0.1) is 5.48 Å². The molecule has 8 nitrogen and oxygen atoms in total. The molecule has 8 heteroatoms. The Bertz CT molecular complexity index is 705. The highest BCUT2D eigenvalue weighted by molar-refractivity contribution is 5.87. The number of hydrogen-bond donors (Lipinski definition) is 2. The summed E-state index contributed by atoms with van der Waals surface area (Å²) in [5.41, 5.74) is 3.08. The van der Waals surface area contributed by atoms with Gasteiger partial charge in [-0.05, 0) is 50.7 Å². The summed E-state index contributed by atoms with van der Waals surface area (Å²) < 4.78 is 9.75. The van der Waals surface area contributed by atoms with Crippen LogP contribution in [-0.4, -0.2) is 37.2 Å². The third kappa shape index (κ3) is 9.95. The van der Waals surface area contributed by atoms with Crippen molar-refractivity contribution in [3.63, 3.8) is 0 Å². The van der Waals surface area contributed by atoms with E-state index in [1.807, 2.05) is 44.5 Å². The summed E-state index contributed by atoms with van der Waals surface area (Å²) in [4.78, 5) is 40.4. The highest BCUT2D eigenvalue weighted by Crippen LogP contribution is 2.11. The molecule has 2 atom stereocenters. The van der Waals surface area contributed by atoms with Gasteiger partial charge in [0.2, 0.25) is 0 Å². The number of hydroxylamine groups is 1. The molecule has 0 saturated heterocycles. The summed E-state index contributed by atoms with van der Waals surface area (Å²) in [7, 11) is 1.24. The number of hydrogen-bond acceptors (Lipinski definition) is 6. The fourth-order valence-electron chi connectivity index (χ4n) is 2.68. The number of ether oxygens (including phenoxy) is 2. The summed E-state index contributed by atoms with van der Waals surface area (Å²) in [5, 5.41) is 2.88. The normalized spacial score (nSPS) is 12.4. The first-order valence-electron chi connectivity index (χ1n) is 9.97. The van der Waals surface area contributed by atoms with Gasteiger partial charge in [-0.25, -0.2) is 9.59 Å². The van der Waals surface area contributed by atoms with Crippen molar-refractivity contribution in [2.45, 2.75) is 58.6 Å². The van der Waals surface area contributed by atoms with Gasteiger partial charge >= 0.3 is 12.1 Å². The maximum Gasteiger partial charge on any atom is 0.441 e. The molecular formula is C22H32N2O6. The van der Waals surface area contributed by atoms with E-state index in [0.29, 0.717) is 6.42 Å². The molecule has 0 aliphatic carbocycles. The second kappa shape index (κ2) is 13.2. The third-order valence-corrected chi connectivity index (χ3v) is 4.26. The van der Waals surface area contributed by atoms with E-state index in [0.717, 1.165) is 19.3 Å². The van der Waals surface area contributed by atoms with Crippen LogP contribution in [0.15, 0.2) is 42.7 Å². The zero-order valence-electron chi connectivity index (χ0n) is 18.1. The maximum atomic E-state index is 12.6. The Labute approximate surface area is 177 Å². The predicted molar refractivity (Wildman–Crippen MR) is 112 cm³/mol. The van der Waals surface area contributed by atoms with Crippen LogP contribution in [0.2, 0.25) is 0 Å². The summed E-state index contributed by atoms with van der Waals surface area (Å²) >= 11 is 0. The molecule has 0 aliphatic rings. The molecule has 0 bridgehead atoms. The smallest absolute Gasteiger partial charge is 0.441 e. The minimum atomic E-state index is -1.05. The Hall–Kier alpha value is -3.03. The first-order valence-corrected chi connectivity index (χ1v) is 9.97. The van der Waals surface area contributed by atoms with Gasteiger partial charge in [-0.1, -0.05) is 44.2 Å². The monoisotopic (exact) mass is 420 g/mol. The maximum absolute atomic E-state index is 12.6. The largest absolute Gasteiger partial charge is 0.490 e. The van der Waals surface area contributed by atoms with Gasteiger partial charge < -0.3 is 19.6 Å². The van der Waals surface area contributed by atoms with Gasteiger partial charge in [-0.3, -0.25) is 4.79 Å². The quantitative estimate of drug-likeness (QED) is 0.324. The van der Waals surface area contributed by atoms with Crippen molar-refractivity contribution in [1.82, 2.24) is 10.8 Å². The van der Waals surface area contributed by atoms with Crippen molar-refractivity contribution in [3.05, 3.63) is 48.2 Å². The van der Waals surface area contributed by atoms with Gasteiger partial charge in [0.1, 0.15) is 0 Å². The molecular weight excluding hydrogens is 388 g/mol. The van der Waals surface area contributed by atoms with Crippen LogP contribution in [0, 0.1) is 5.92 Å². The molecule has 0 spiro atoms. The van der Waals surface area contributed by atoms with E-state index in [2.05, 4.69) is 33.6 Å². The number of carbonyl (C=O) groups excluding carboxylic acids is 3. The van der Waals surface area contributed by atoms with Gasteiger partial charge in [0, 0.05) is 6.04 Å². The molecule has 0 saturated carbocycles. The van der Waals surface area contributed by atoms with Crippen molar-refractivity contribution in [2.75, 3.05) is 7.11 Å². The highest BCUT2D eigenvalue weighted by atomic mass is 16.7. The van der Waals surface area contributed by atoms with Crippen LogP contribution in [0.5, 0.6) is 0 Å². The lowest BCUT2D eigenvalue weighted by atomic mass is 10.0. The van der Waals surface area contributed by atoms with E-state index in [1.165, 1.54) is 12.7 Å². The van der Waals surface area contributed by atoms with E-state index in [-0.39, 0.29) is 17.7 Å². The summed E-state index contributed by atoms with van der Waals surface area (Å²) in [6, 6.07) is 10.0. The van der Waals surface area contributed by atoms with E-state index in [9.17, 15) is 14.4 Å². The van der Waals surface area contributed by atoms with Crippen LogP contribution in [0.3, 0.4) is 0 Å². The molecule has 30 heavy (non-hydrogen) atoms. The molecule has 1 rings (SSSR count). The van der Waals surface area contributed by atoms with Gasteiger partial charge in [-0.2, -0.15) is 0 Å². The Morgan fingerprint density at radius 1 is 1.10 bits per heavy atom. The number of carbonyl (C=O) groups is 3. The standard InChI is InChI=1S/C22H32N2O6/c1-15(2)14-19(29-22(27)24-30-21(26)17(4)28-5)20(25)23-16(3)10-9-13-18-11-7-6-8-12-18/h6-8,11-12,15-16,19H,4,9-10,13-14H2,1-3,5H3,(H,23,25)(H,24,27)/t16?,19-/m0/s1. The number of aryl methyl sites for hydroxylation is 1. The van der Waals surface area contributed by atoms with E-state index in [1.54, 1.807) is 0 Å². The lowest BCUT2D eigenvalue weighted by Crippen LogP contribution is -2.44. The van der Waals surface area contributed by atoms with Crippen molar-refractivity contribution in [2.24, 2.45) is 5.92 Å². The highest BCUT2D eigenvalue weighted by Gasteiger charge is 2.26. The second-order valence-electron chi connectivity index (χ2n) is 7.43. The number of amides is 2. The summed E-state index contributed by atoms with van der Waals surface area (Å²) in [5.74, 6) is -1.53. The van der Waals surface area contributed by atoms with Gasteiger partial charge in [0.25, 0.3) is 5.91 Å². The second-order valence-corrected chi connectivity index (χ2v) is 7.43. The third-order valence-electron chi connectivity index (χ3n) is 4.26. The van der Waals surface area contributed by atoms with Crippen molar-refractivity contribution in [1.29, 1.82) is 0 Å². The molecule has 2 amide bonds. The van der Waals surface area contributed by atoms with Crippen LogP contribution in [0.4, 0.5) is 4.79 Å².